The number of hydrogen-bond acceptors (Lipinski definition) is 3. The summed E-state index contributed by atoms with van der Waals surface area (Å²) in [5, 5.41) is 0. The molecule has 1 aromatic carbocycles. The second-order valence-corrected chi connectivity index (χ2v) is 9.35. The third-order valence-electron chi connectivity index (χ3n) is 5.49. The fourth-order valence-corrected chi connectivity index (χ4v) is 5.72. The zero-order chi connectivity index (χ0) is 19.9. The highest BCUT2D eigenvalue weighted by molar-refractivity contribution is 7.89. The van der Waals surface area contributed by atoms with Crippen molar-refractivity contribution in [2.24, 2.45) is 0 Å². The Balaban J connectivity index is 1.79. The number of aromatic nitrogens is 2. The van der Waals surface area contributed by atoms with Crippen molar-refractivity contribution in [1.29, 1.82) is 0 Å². The maximum absolute atomic E-state index is 13.4. The van der Waals surface area contributed by atoms with Gasteiger partial charge in [0.15, 0.2) is 0 Å². The van der Waals surface area contributed by atoms with Gasteiger partial charge in [-0.25, -0.2) is 13.4 Å². The van der Waals surface area contributed by atoms with Gasteiger partial charge in [0.25, 0.3) is 0 Å². The van der Waals surface area contributed by atoms with Crippen LogP contribution in [0.3, 0.4) is 0 Å². The Kier molecular flexibility index (Phi) is 4.85. The van der Waals surface area contributed by atoms with Gasteiger partial charge in [-0.3, -0.25) is 0 Å². The van der Waals surface area contributed by atoms with E-state index in [1.807, 2.05) is 45.0 Å². The molecule has 0 spiro atoms. The number of nitrogens with zero attached hydrogens (tertiary/aromatic N) is 3. The molecule has 4 rings (SSSR count). The first-order chi connectivity index (χ1) is 13.4. The van der Waals surface area contributed by atoms with Gasteiger partial charge in [0.2, 0.25) is 10.0 Å². The molecule has 0 amide bonds. The number of rotatable bonds is 4. The Morgan fingerprint density at radius 2 is 1.64 bits per heavy atom. The molecule has 0 unspecified atom stereocenters. The van der Waals surface area contributed by atoms with E-state index in [1.54, 1.807) is 22.6 Å². The van der Waals surface area contributed by atoms with Crippen molar-refractivity contribution in [2.45, 2.75) is 44.6 Å². The van der Waals surface area contributed by atoms with Crippen LogP contribution in [0, 0.1) is 20.8 Å². The smallest absolute Gasteiger partial charge is 0.243 e. The molecule has 0 radical (unpaired) electrons. The van der Waals surface area contributed by atoms with Gasteiger partial charge in [-0.15, -0.1) is 0 Å². The second kappa shape index (κ2) is 7.18. The van der Waals surface area contributed by atoms with Crippen molar-refractivity contribution in [3.8, 4) is 5.82 Å². The van der Waals surface area contributed by atoms with Crippen LogP contribution in [0.15, 0.2) is 59.6 Å². The van der Waals surface area contributed by atoms with Crippen LogP contribution in [-0.4, -0.2) is 28.8 Å². The van der Waals surface area contributed by atoms with Crippen LogP contribution in [0.25, 0.3) is 5.82 Å². The Morgan fingerprint density at radius 1 is 0.964 bits per heavy atom. The number of hydrogen-bond donors (Lipinski definition) is 0. The monoisotopic (exact) mass is 395 g/mol. The number of sulfonamides is 1. The minimum atomic E-state index is -3.56. The zero-order valence-corrected chi connectivity index (χ0v) is 17.3. The van der Waals surface area contributed by atoms with E-state index in [-0.39, 0.29) is 6.04 Å². The number of pyridine rings is 1. The summed E-state index contributed by atoms with van der Waals surface area (Å²) in [6.45, 7) is 6.57. The molecule has 6 heteroatoms. The lowest BCUT2D eigenvalue weighted by Crippen LogP contribution is -2.31. The van der Waals surface area contributed by atoms with Gasteiger partial charge < -0.3 is 4.57 Å². The van der Waals surface area contributed by atoms with Crippen LogP contribution in [-0.2, 0) is 10.0 Å². The van der Waals surface area contributed by atoms with E-state index in [9.17, 15) is 8.42 Å². The van der Waals surface area contributed by atoms with Gasteiger partial charge in [0, 0.05) is 29.7 Å². The lowest BCUT2D eigenvalue weighted by molar-refractivity contribution is 0.395. The molecule has 5 nitrogen and oxygen atoms in total. The maximum atomic E-state index is 13.4. The summed E-state index contributed by atoms with van der Waals surface area (Å²) in [6.07, 6.45) is 3.41. The predicted octanol–water partition coefficient (Wildman–Crippen LogP) is 4.32. The number of benzene rings is 1. The van der Waals surface area contributed by atoms with Crippen LogP contribution >= 0.6 is 0 Å². The van der Waals surface area contributed by atoms with E-state index >= 15 is 0 Å². The first-order valence-corrected chi connectivity index (χ1v) is 11.0. The largest absolute Gasteiger partial charge is 0.303 e. The second-order valence-electron chi connectivity index (χ2n) is 7.45. The molecular formula is C22H25N3O2S. The summed E-state index contributed by atoms with van der Waals surface area (Å²) in [7, 11) is -3.56. The summed E-state index contributed by atoms with van der Waals surface area (Å²) >= 11 is 0. The predicted molar refractivity (Wildman–Crippen MR) is 110 cm³/mol. The normalized spacial score (nSPS) is 17.9. The summed E-state index contributed by atoms with van der Waals surface area (Å²) in [6, 6.07) is 14.9. The van der Waals surface area contributed by atoms with E-state index in [0.29, 0.717) is 11.4 Å². The molecule has 3 heterocycles. The maximum Gasteiger partial charge on any atom is 0.243 e. The molecule has 1 aliphatic rings. The van der Waals surface area contributed by atoms with Crippen molar-refractivity contribution >= 4 is 10.0 Å². The molecule has 1 aliphatic heterocycles. The first-order valence-electron chi connectivity index (χ1n) is 9.58. The summed E-state index contributed by atoms with van der Waals surface area (Å²) in [5.41, 5.74) is 4.18. The molecule has 2 aromatic heterocycles. The van der Waals surface area contributed by atoms with Crippen LogP contribution in [0.1, 0.15) is 41.4 Å². The van der Waals surface area contributed by atoms with Crippen LogP contribution in [0.4, 0.5) is 0 Å². The molecule has 0 N–H and O–H groups in total. The first kappa shape index (κ1) is 18.9. The van der Waals surface area contributed by atoms with E-state index in [2.05, 4.69) is 21.7 Å². The van der Waals surface area contributed by atoms with Crippen molar-refractivity contribution in [3.63, 3.8) is 0 Å². The molecule has 28 heavy (non-hydrogen) atoms. The van der Waals surface area contributed by atoms with Crippen molar-refractivity contribution in [3.05, 3.63) is 77.2 Å². The zero-order valence-electron chi connectivity index (χ0n) is 16.5. The van der Waals surface area contributed by atoms with Gasteiger partial charge in [-0.05, 0) is 63.9 Å². The Bertz CT molecular complexity index is 1080. The quantitative estimate of drug-likeness (QED) is 0.661. The lowest BCUT2D eigenvalue weighted by atomic mass is 10.1. The standard InChI is InChI=1S/C22H25N3O2S/c1-16-8-12-19(13-9-16)28(26,27)24-15-5-7-21(24)20-6-4-14-23-22(20)25-17(2)10-11-18(25)3/h4,6,8-14,21H,5,7,15H2,1-3H3/t21-/m1/s1. The van der Waals surface area contributed by atoms with Gasteiger partial charge in [-0.2, -0.15) is 4.31 Å². The third kappa shape index (κ3) is 3.16. The van der Waals surface area contributed by atoms with Crippen molar-refractivity contribution < 1.29 is 8.42 Å². The fourth-order valence-electron chi connectivity index (χ4n) is 4.04. The van der Waals surface area contributed by atoms with Crippen LogP contribution in [0.5, 0.6) is 0 Å². The van der Waals surface area contributed by atoms with Gasteiger partial charge in [-0.1, -0.05) is 23.8 Å². The average molecular weight is 396 g/mol. The molecule has 0 bridgehead atoms. The number of aryl methyl sites for hydroxylation is 3. The highest BCUT2D eigenvalue weighted by Gasteiger charge is 2.37. The third-order valence-corrected chi connectivity index (χ3v) is 7.41. The highest BCUT2D eigenvalue weighted by Crippen LogP contribution is 2.38. The Labute approximate surface area is 166 Å². The molecular weight excluding hydrogens is 370 g/mol. The van der Waals surface area contributed by atoms with Crippen LogP contribution < -0.4 is 0 Å². The highest BCUT2D eigenvalue weighted by atomic mass is 32.2. The van der Waals surface area contributed by atoms with E-state index in [0.717, 1.165) is 41.2 Å². The van der Waals surface area contributed by atoms with E-state index in [1.165, 1.54) is 0 Å². The molecule has 1 fully saturated rings. The Hall–Kier alpha value is -2.44. The minimum Gasteiger partial charge on any atom is -0.303 e. The lowest BCUT2D eigenvalue weighted by Gasteiger charge is -2.26. The van der Waals surface area contributed by atoms with E-state index in [4.69, 9.17) is 0 Å². The molecule has 1 saturated heterocycles. The van der Waals surface area contributed by atoms with Gasteiger partial charge in [0.1, 0.15) is 5.82 Å². The van der Waals surface area contributed by atoms with Gasteiger partial charge >= 0.3 is 0 Å². The van der Waals surface area contributed by atoms with Crippen LogP contribution in [0.2, 0.25) is 0 Å². The minimum absolute atomic E-state index is 0.212. The average Bonchev–Trinajstić information content (AvgIpc) is 3.29. The van der Waals surface area contributed by atoms with Gasteiger partial charge in [0.05, 0.1) is 10.9 Å². The topological polar surface area (TPSA) is 55.2 Å². The molecule has 1 atom stereocenters. The SMILES string of the molecule is Cc1ccc(S(=O)(=O)N2CCC[C@@H]2c2cccnc2-n2c(C)ccc2C)cc1. The van der Waals surface area contributed by atoms with Crippen molar-refractivity contribution in [1.82, 2.24) is 13.9 Å². The summed E-state index contributed by atoms with van der Waals surface area (Å²) < 4.78 is 30.5. The fraction of sp³-hybridized carbons (Fsp3) is 0.318. The van der Waals surface area contributed by atoms with E-state index < -0.39 is 10.0 Å². The molecule has 3 aromatic rings. The van der Waals surface area contributed by atoms with Crippen molar-refractivity contribution in [2.75, 3.05) is 6.54 Å². The molecule has 0 saturated carbocycles. The Morgan fingerprint density at radius 3 is 2.32 bits per heavy atom. The summed E-state index contributed by atoms with van der Waals surface area (Å²) in [5.74, 6) is 0.818. The molecule has 146 valence electrons. The molecule has 0 aliphatic carbocycles. The summed E-state index contributed by atoms with van der Waals surface area (Å²) in [4.78, 5) is 4.98.